The molecule has 0 fully saturated rings. The van der Waals surface area contributed by atoms with Crippen molar-refractivity contribution in [1.29, 1.82) is 0 Å². The summed E-state index contributed by atoms with van der Waals surface area (Å²) in [5, 5.41) is 2.85. The Hall–Kier alpha value is -2.52. The topological polar surface area (TPSA) is 98.7 Å². The summed E-state index contributed by atoms with van der Waals surface area (Å²) in [6.07, 6.45) is 1.39. The first-order chi connectivity index (χ1) is 12.2. The van der Waals surface area contributed by atoms with E-state index in [4.69, 9.17) is 9.47 Å². The number of carbonyl (C=O) groups excluding carboxylic acids is 1. The fraction of sp³-hybridized carbons (Fsp3) is 0.353. The highest BCUT2D eigenvalue weighted by Gasteiger charge is 2.21. The molecule has 142 valence electrons. The minimum Gasteiger partial charge on any atom is -0.493 e. The molecule has 0 aliphatic carbocycles. The first-order valence-electron chi connectivity index (χ1n) is 7.86. The number of amides is 1. The number of nitrogens with zero attached hydrogens (tertiary/aromatic N) is 1. The van der Waals surface area contributed by atoms with E-state index in [0.717, 1.165) is 5.56 Å². The standard InChI is InChI=1S/C17H23N3O5S/c1-11(12-6-7-15(24-4)16(8-12)25-5)19-17(21)14-9-13(10-20(14)3)26(22,23)18-2/h6-11,18H,1-5H3,(H,19,21). The van der Waals surface area contributed by atoms with Gasteiger partial charge in [0.1, 0.15) is 10.6 Å². The number of aromatic nitrogens is 1. The van der Waals surface area contributed by atoms with Crippen LogP contribution in [-0.2, 0) is 17.1 Å². The summed E-state index contributed by atoms with van der Waals surface area (Å²) in [7, 11) is 2.42. The van der Waals surface area contributed by atoms with E-state index in [1.807, 2.05) is 13.0 Å². The van der Waals surface area contributed by atoms with E-state index in [1.165, 1.54) is 23.9 Å². The van der Waals surface area contributed by atoms with Gasteiger partial charge in [-0.15, -0.1) is 0 Å². The summed E-state index contributed by atoms with van der Waals surface area (Å²) < 4.78 is 37.9. The average Bonchev–Trinajstić information content (AvgIpc) is 3.03. The van der Waals surface area contributed by atoms with Gasteiger partial charge in [-0.3, -0.25) is 4.79 Å². The first kappa shape index (κ1) is 19.8. The van der Waals surface area contributed by atoms with Gasteiger partial charge in [-0.25, -0.2) is 13.1 Å². The Labute approximate surface area is 153 Å². The van der Waals surface area contributed by atoms with Gasteiger partial charge in [0.05, 0.1) is 20.3 Å². The van der Waals surface area contributed by atoms with Crippen molar-refractivity contribution in [2.75, 3.05) is 21.3 Å². The minimum atomic E-state index is -3.61. The van der Waals surface area contributed by atoms with Crippen molar-refractivity contribution in [2.24, 2.45) is 7.05 Å². The SMILES string of the molecule is CNS(=O)(=O)c1cc(C(=O)NC(C)c2ccc(OC)c(OC)c2)n(C)c1. The number of ether oxygens (including phenoxy) is 2. The molecule has 0 aliphatic rings. The van der Waals surface area contributed by atoms with Crippen LogP contribution in [0.1, 0.15) is 29.0 Å². The quantitative estimate of drug-likeness (QED) is 0.756. The van der Waals surface area contributed by atoms with Crippen LogP contribution >= 0.6 is 0 Å². The van der Waals surface area contributed by atoms with E-state index in [-0.39, 0.29) is 22.5 Å². The van der Waals surface area contributed by atoms with E-state index in [1.54, 1.807) is 33.4 Å². The Bertz CT molecular complexity index is 905. The number of hydrogen-bond donors (Lipinski definition) is 2. The normalized spacial score (nSPS) is 12.5. The Morgan fingerprint density at radius 1 is 1.15 bits per heavy atom. The van der Waals surface area contributed by atoms with E-state index in [0.29, 0.717) is 11.5 Å². The zero-order valence-electron chi connectivity index (χ0n) is 15.4. The van der Waals surface area contributed by atoms with Crippen LogP contribution in [0.25, 0.3) is 0 Å². The molecule has 2 N–H and O–H groups in total. The third-order valence-corrected chi connectivity index (χ3v) is 5.43. The number of benzene rings is 1. The highest BCUT2D eigenvalue weighted by atomic mass is 32.2. The lowest BCUT2D eigenvalue weighted by molar-refractivity contribution is 0.0931. The average molecular weight is 381 g/mol. The summed E-state index contributed by atoms with van der Waals surface area (Å²) >= 11 is 0. The molecule has 9 heteroatoms. The second kappa shape index (κ2) is 7.79. The summed E-state index contributed by atoms with van der Waals surface area (Å²) in [5.41, 5.74) is 1.07. The van der Waals surface area contributed by atoms with Gasteiger partial charge in [0.25, 0.3) is 5.91 Å². The van der Waals surface area contributed by atoms with Crippen molar-refractivity contribution in [3.05, 3.63) is 41.7 Å². The van der Waals surface area contributed by atoms with Crippen molar-refractivity contribution in [2.45, 2.75) is 17.9 Å². The monoisotopic (exact) mass is 381 g/mol. The van der Waals surface area contributed by atoms with Crippen LogP contribution in [0.5, 0.6) is 11.5 Å². The van der Waals surface area contributed by atoms with Gasteiger partial charge >= 0.3 is 0 Å². The molecular formula is C17H23N3O5S. The van der Waals surface area contributed by atoms with Gasteiger partial charge in [-0.2, -0.15) is 0 Å². The molecule has 0 aliphatic heterocycles. The summed E-state index contributed by atoms with van der Waals surface area (Å²) in [6, 6.07) is 6.39. The van der Waals surface area contributed by atoms with Crippen molar-refractivity contribution in [3.63, 3.8) is 0 Å². The molecule has 0 spiro atoms. The molecule has 0 radical (unpaired) electrons. The number of carbonyl (C=O) groups is 1. The first-order valence-corrected chi connectivity index (χ1v) is 9.34. The maximum atomic E-state index is 12.6. The molecule has 0 saturated heterocycles. The molecule has 2 aromatic rings. The Kier molecular flexibility index (Phi) is 5.94. The second-order valence-corrected chi connectivity index (χ2v) is 7.58. The van der Waals surface area contributed by atoms with Crippen molar-refractivity contribution < 1.29 is 22.7 Å². The molecule has 2 rings (SSSR count). The summed E-state index contributed by atoms with van der Waals surface area (Å²) in [4.78, 5) is 12.6. The fourth-order valence-corrected chi connectivity index (χ4v) is 3.30. The molecule has 1 heterocycles. The van der Waals surface area contributed by atoms with Crippen LogP contribution in [0.15, 0.2) is 35.4 Å². The van der Waals surface area contributed by atoms with Crippen molar-refractivity contribution >= 4 is 15.9 Å². The highest BCUT2D eigenvalue weighted by molar-refractivity contribution is 7.89. The lowest BCUT2D eigenvalue weighted by atomic mass is 10.1. The second-order valence-electron chi connectivity index (χ2n) is 5.69. The Morgan fingerprint density at radius 2 is 1.81 bits per heavy atom. The van der Waals surface area contributed by atoms with Crippen molar-refractivity contribution in [1.82, 2.24) is 14.6 Å². The number of nitrogens with one attached hydrogen (secondary N) is 2. The third kappa shape index (κ3) is 4.00. The predicted molar refractivity (Wildman–Crippen MR) is 97.1 cm³/mol. The van der Waals surface area contributed by atoms with Gasteiger partial charge in [-0.1, -0.05) is 6.07 Å². The molecule has 26 heavy (non-hydrogen) atoms. The molecule has 1 amide bonds. The molecule has 0 saturated carbocycles. The number of rotatable bonds is 7. The van der Waals surface area contributed by atoms with Gasteiger partial charge in [0.2, 0.25) is 10.0 Å². The smallest absolute Gasteiger partial charge is 0.268 e. The van der Waals surface area contributed by atoms with Gasteiger partial charge in [-0.05, 0) is 37.7 Å². The molecule has 8 nitrogen and oxygen atoms in total. The van der Waals surface area contributed by atoms with Crippen LogP contribution in [-0.4, -0.2) is 40.2 Å². The van der Waals surface area contributed by atoms with E-state index in [2.05, 4.69) is 10.0 Å². The zero-order chi connectivity index (χ0) is 19.5. The fourth-order valence-electron chi connectivity index (χ4n) is 2.50. The van der Waals surface area contributed by atoms with E-state index < -0.39 is 10.0 Å². The molecule has 1 aromatic carbocycles. The van der Waals surface area contributed by atoms with E-state index in [9.17, 15) is 13.2 Å². The number of sulfonamides is 1. The van der Waals surface area contributed by atoms with Crippen LogP contribution in [0.4, 0.5) is 0 Å². The third-order valence-electron chi connectivity index (χ3n) is 4.05. The maximum Gasteiger partial charge on any atom is 0.268 e. The largest absolute Gasteiger partial charge is 0.493 e. The van der Waals surface area contributed by atoms with Crippen LogP contribution in [0.2, 0.25) is 0 Å². The van der Waals surface area contributed by atoms with E-state index >= 15 is 0 Å². The van der Waals surface area contributed by atoms with Gasteiger partial charge in [0.15, 0.2) is 11.5 Å². The summed E-state index contributed by atoms with van der Waals surface area (Å²) in [5.74, 6) is 0.777. The summed E-state index contributed by atoms with van der Waals surface area (Å²) in [6.45, 7) is 1.83. The Balaban J connectivity index is 2.22. The lowest BCUT2D eigenvalue weighted by Gasteiger charge is -2.16. The molecule has 0 bridgehead atoms. The molecule has 1 aromatic heterocycles. The molecular weight excluding hydrogens is 358 g/mol. The van der Waals surface area contributed by atoms with Crippen molar-refractivity contribution in [3.8, 4) is 11.5 Å². The Morgan fingerprint density at radius 3 is 2.38 bits per heavy atom. The zero-order valence-corrected chi connectivity index (χ0v) is 16.2. The van der Waals surface area contributed by atoms with Crippen LogP contribution in [0.3, 0.4) is 0 Å². The highest BCUT2D eigenvalue weighted by Crippen LogP contribution is 2.30. The molecule has 1 unspecified atom stereocenters. The van der Waals surface area contributed by atoms with Crippen LogP contribution in [0, 0.1) is 0 Å². The van der Waals surface area contributed by atoms with Gasteiger partial charge < -0.3 is 19.4 Å². The number of aryl methyl sites for hydroxylation is 1. The molecule has 1 atom stereocenters. The minimum absolute atomic E-state index is 0.0337. The van der Waals surface area contributed by atoms with Crippen LogP contribution < -0.4 is 19.5 Å². The maximum absolute atomic E-state index is 12.6. The number of hydrogen-bond acceptors (Lipinski definition) is 5. The lowest BCUT2D eigenvalue weighted by Crippen LogP contribution is -2.28. The number of methoxy groups -OCH3 is 2. The predicted octanol–water partition coefficient (Wildman–Crippen LogP) is 1.44. The van der Waals surface area contributed by atoms with Gasteiger partial charge in [0, 0.05) is 13.2 Å².